The maximum atomic E-state index is 11.7. The van der Waals surface area contributed by atoms with Crippen molar-refractivity contribution in [2.24, 2.45) is 0 Å². The van der Waals surface area contributed by atoms with E-state index in [0.29, 0.717) is 12.3 Å². The van der Waals surface area contributed by atoms with E-state index >= 15 is 0 Å². The Morgan fingerprint density at radius 1 is 1.38 bits per heavy atom. The van der Waals surface area contributed by atoms with Gasteiger partial charge in [-0.3, -0.25) is 4.79 Å². The quantitative estimate of drug-likeness (QED) is 0.840. The van der Waals surface area contributed by atoms with Crippen LogP contribution in [-0.4, -0.2) is 28.4 Å². The Labute approximate surface area is 137 Å². The van der Waals surface area contributed by atoms with Crippen LogP contribution in [0.2, 0.25) is 5.02 Å². The van der Waals surface area contributed by atoms with Crippen LogP contribution in [0, 0.1) is 6.92 Å². The summed E-state index contributed by atoms with van der Waals surface area (Å²) in [5.74, 6) is 1.21. The fourth-order valence-corrected chi connectivity index (χ4v) is 3.52. The van der Waals surface area contributed by atoms with E-state index in [1.807, 2.05) is 31.2 Å². The fourth-order valence-electron chi connectivity index (χ4n) is 1.67. The number of amides is 1. The van der Waals surface area contributed by atoms with Crippen LogP contribution in [0.1, 0.15) is 15.6 Å². The van der Waals surface area contributed by atoms with Crippen LogP contribution in [-0.2, 0) is 17.0 Å². The van der Waals surface area contributed by atoms with Crippen LogP contribution in [0.15, 0.2) is 24.3 Å². The number of hydrogen-bond acceptors (Lipinski definition) is 5. The first kappa shape index (κ1) is 16.3. The zero-order valence-corrected chi connectivity index (χ0v) is 14.0. The van der Waals surface area contributed by atoms with Crippen molar-refractivity contribution in [3.63, 3.8) is 0 Å². The molecule has 21 heavy (non-hydrogen) atoms. The number of nitrogens with zero attached hydrogens (tertiary/aromatic N) is 2. The van der Waals surface area contributed by atoms with Crippen LogP contribution in [0.4, 0.5) is 0 Å². The van der Waals surface area contributed by atoms with E-state index in [1.54, 1.807) is 23.1 Å². The van der Waals surface area contributed by atoms with Crippen LogP contribution in [0.3, 0.4) is 0 Å². The number of carbonyl (C=O) groups excluding carboxylic acids is 1. The maximum Gasteiger partial charge on any atom is 0.230 e. The van der Waals surface area contributed by atoms with Crippen molar-refractivity contribution in [3.8, 4) is 0 Å². The zero-order chi connectivity index (χ0) is 15.1. The normalized spacial score (nSPS) is 10.6. The number of carbonyl (C=O) groups is 1. The van der Waals surface area contributed by atoms with Gasteiger partial charge < -0.3 is 5.32 Å². The fraction of sp³-hybridized carbons (Fsp3) is 0.357. The topological polar surface area (TPSA) is 54.9 Å². The lowest BCUT2D eigenvalue weighted by Crippen LogP contribution is -2.27. The number of aromatic nitrogens is 2. The van der Waals surface area contributed by atoms with Crippen molar-refractivity contribution in [2.45, 2.75) is 19.1 Å². The van der Waals surface area contributed by atoms with E-state index in [-0.39, 0.29) is 5.91 Å². The summed E-state index contributed by atoms with van der Waals surface area (Å²) >= 11 is 9.19. The second-order valence-electron chi connectivity index (χ2n) is 4.40. The van der Waals surface area contributed by atoms with Gasteiger partial charge in [-0.1, -0.05) is 29.8 Å². The highest BCUT2D eigenvalue weighted by Gasteiger charge is 2.05. The molecule has 0 saturated carbocycles. The van der Waals surface area contributed by atoms with Crippen molar-refractivity contribution >= 4 is 40.6 Å². The Balaban J connectivity index is 1.63. The molecule has 7 heteroatoms. The Morgan fingerprint density at radius 3 is 2.90 bits per heavy atom. The smallest absolute Gasteiger partial charge is 0.230 e. The van der Waals surface area contributed by atoms with E-state index in [4.69, 9.17) is 11.6 Å². The van der Waals surface area contributed by atoms with Gasteiger partial charge in [0.15, 0.2) is 0 Å². The molecule has 112 valence electrons. The lowest BCUT2D eigenvalue weighted by Gasteiger charge is -2.05. The summed E-state index contributed by atoms with van der Waals surface area (Å²) in [6.07, 6.45) is 0.729. The zero-order valence-electron chi connectivity index (χ0n) is 11.6. The highest BCUT2D eigenvalue weighted by atomic mass is 35.5. The summed E-state index contributed by atoms with van der Waals surface area (Å²) in [7, 11) is 0. The number of halogens is 1. The molecule has 2 aromatic rings. The van der Waals surface area contributed by atoms with Crippen molar-refractivity contribution in [1.82, 2.24) is 15.5 Å². The highest BCUT2D eigenvalue weighted by Crippen LogP contribution is 2.20. The second-order valence-corrected chi connectivity index (χ2v) is 7.06. The number of aryl methyl sites for hydroxylation is 1. The highest BCUT2D eigenvalue weighted by molar-refractivity contribution is 7.99. The number of rotatable bonds is 7. The lowest BCUT2D eigenvalue weighted by molar-refractivity contribution is -0.118. The van der Waals surface area contributed by atoms with Crippen molar-refractivity contribution in [2.75, 3.05) is 12.3 Å². The predicted molar refractivity (Wildman–Crippen MR) is 89.0 cm³/mol. The summed E-state index contributed by atoms with van der Waals surface area (Å²) in [6, 6.07) is 7.69. The second kappa shape index (κ2) is 8.36. The van der Waals surface area contributed by atoms with Crippen molar-refractivity contribution < 1.29 is 4.79 Å². The number of hydrogen-bond donors (Lipinski definition) is 1. The summed E-state index contributed by atoms with van der Waals surface area (Å²) in [6.45, 7) is 2.52. The molecular weight excluding hydrogens is 326 g/mol. The summed E-state index contributed by atoms with van der Waals surface area (Å²) < 4.78 is 0. The third kappa shape index (κ3) is 5.65. The molecule has 1 N–H and O–H groups in total. The summed E-state index contributed by atoms with van der Waals surface area (Å²) in [4.78, 5) is 11.7. The van der Waals surface area contributed by atoms with Gasteiger partial charge >= 0.3 is 0 Å². The molecule has 0 saturated heterocycles. The molecule has 0 aliphatic carbocycles. The van der Waals surface area contributed by atoms with Gasteiger partial charge in [0.1, 0.15) is 10.0 Å². The minimum atomic E-state index is 0.0355. The SMILES string of the molecule is Cc1nnc(CCNC(=O)CSCc2ccccc2Cl)s1. The van der Waals surface area contributed by atoms with E-state index in [9.17, 15) is 4.79 Å². The Hall–Kier alpha value is -1.11. The van der Waals surface area contributed by atoms with Crippen LogP contribution in [0.25, 0.3) is 0 Å². The number of thioether (sulfide) groups is 1. The van der Waals surface area contributed by atoms with Gasteiger partial charge in [-0.15, -0.1) is 33.3 Å². The molecule has 0 bridgehead atoms. The van der Waals surface area contributed by atoms with E-state index in [0.717, 1.165) is 32.8 Å². The third-order valence-corrected chi connectivity index (χ3v) is 4.93. The summed E-state index contributed by atoms with van der Waals surface area (Å²) in [5.41, 5.74) is 1.06. The minimum absolute atomic E-state index is 0.0355. The maximum absolute atomic E-state index is 11.7. The molecule has 0 aliphatic rings. The molecule has 0 fully saturated rings. The van der Waals surface area contributed by atoms with Gasteiger partial charge in [0.2, 0.25) is 5.91 Å². The van der Waals surface area contributed by atoms with Crippen LogP contribution < -0.4 is 5.32 Å². The average Bonchev–Trinajstić information content (AvgIpc) is 2.87. The molecule has 1 aromatic heterocycles. The first-order chi connectivity index (χ1) is 10.1. The standard InChI is InChI=1S/C14H16ClN3OS2/c1-10-17-18-14(21-10)6-7-16-13(19)9-20-8-11-4-2-3-5-12(11)15/h2-5H,6-9H2,1H3,(H,16,19). The third-order valence-electron chi connectivity index (χ3n) is 2.68. The number of benzene rings is 1. The average molecular weight is 342 g/mol. The van der Waals surface area contributed by atoms with Crippen LogP contribution >= 0.6 is 34.7 Å². The van der Waals surface area contributed by atoms with Gasteiger partial charge in [-0.05, 0) is 18.6 Å². The van der Waals surface area contributed by atoms with Gasteiger partial charge in [0.05, 0.1) is 5.75 Å². The van der Waals surface area contributed by atoms with Gasteiger partial charge in [0.25, 0.3) is 0 Å². The molecule has 2 rings (SSSR count). The molecular formula is C14H16ClN3OS2. The van der Waals surface area contributed by atoms with E-state index in [2.05, 4.69) is 15.5 Å². The minimum Gasteiger partial charge on any atom is -0.355 e. The molecule has 1 heterocycles. The van der Waals surface area contributed by atoms with E-state index in [1.165, 1.54) is 0 Å². The Bertz CT molecular complexity index is 603. The van der Waals surface area contributed by atoms with Crippen molar-refractivity contribution in [3.05, 3.63) is 44.9 Å². The molecule has 0 spiro atoms. The Morgan fingerprint density at radius 2 is 2.19 bits per heavy atom. The van der Waals surface area contributed by atoms with Gasteiger partial charge in [-0.2, -0.15) is 0 Å². The van der Waals surface area contributed by atoms with Crippen molar-refractivity contribution in [1.29, 1.82) is 0 Å². The van der Waals surface area contributed by atoms with Crippen LogP contribution in [0.5, 0.6) is 0 Å². The Kier molecular flexibility index (Phi) is 6.48. The monoisotopic (exact) mass is 341 g/mol. The molecule has 0 unspecified atom stereocenters. The first-order valence-electron chi connectivity index (χ1n) is 6.52. The van der Waals surface area contributed by atoms with Gasteiger partial charge in [-0.25, -0.2) is 0 Å². The van der Waals surface area contributed by atoms with E-state index < -0.39 is 0 Å². The van der Waals surface area contributed by atoms with Gasteiger partial charge in [0, 0.05) is 23.7 Å². The first-order valence-corrected chi connectivity index (χ1v) is 8.87. The summed E-state index contributed by atoms with van der Waals surface area (Å²) in [5, 5.41) is 13.5. The molecule has 0 aliphatic heterocycles. The molecule has 0 radical (unpaired) electrons. The predicted octanol–water partition coefficient (Wildman–Crippen LogP) is 3.09. The molecule has 1 aromatic carbocycles. The largest absolute Gasteiger partial charge is 0.355 e. The lowest BCUT2D eigenvalue weighted by atomic mass is 10.2. The molecule has 0 atom stereocenters. The molecule has 1 amide bonds. The molecule has 4 nitrogen and oxygen atoms in total. The number of nitrogens with one attached hydrogen (secondary N) is 1.